The Morgan fingerprint density at radius 1 is 1.15 bits per heavy atom. The summed E-state index contributed by atoms with van der Waals surface area (Å²) >= 11 is 0. The minimum atomic E-state index is -0.845. The van der Waals surface area contributed by atoms with Crippen molar-refractivity contribution >= 4 is 23.2 Å². The molecule has 3 aromatic rings. The average Bonchev–Trinajstić information content (AvgIpc) is 2.82. The van der Waals surface area contributed by atoms with Gasteiger partial charge in [0, 0.05) is 29.5 Å². The number of anilines is 3. The first-order valence-electron chi connectivity index (χ1n) is 11.0. The molecule has 6 N–H and O–H groups in total. The van der Waals surface area contributed by atoms with Crippen molar-refractivity contribution in [3.05, 3.63) is 59.8 Å². The van der Waals surface area contributed by atoms with Crippen LogP contribution in [0.3, 0.4) is 0 Å². The maximum Gasteiger partial charge on any atom is 0.252 e. The van der Waals surface area contributed by atoms with Crippen molar-refractivity contribution < 1.29 is 18.3 Å². The molecule has 1 amide bonds. The minimum Gasteiger partial charge on any atom is -0.494 e. The van der Waals surface area contributed by atoms with Gasteiger partial charge in [-0.1, -0.05) is 18.9 Å². The lowest BCUT2D eigenvalue weighted by molar-refractivity contribution is 0.100. The van der Waals surface area contributed by atoms with Crippen molar-refractivity contribution in [2.45, 2.75) is 37.8 Å². The molecule has 1 saturated carbocycles. The fraction of sp³-hybridized carbons (Fsp3) is 0.292. The maximum atomic E-state index is 14.7. The second-order valence-corrected chi connectivity index (χ2v) is 8.15. The molecule has 0 spiro atoms. The third-order valence-corrected chi connectivity index (χ3v) is 5.86. The summed E-state index contributed by atoms with van der Waals surface area (Å²) < 4.78 is 34.5. The Morgan fingerprint density at radius 2 is 1.94 bits per heavy atom. The van der Waals surface area contributed by atoms with E-state index in [1.807, 2.05) is 0 Å². The van der Waals surface area contributed by atoms with E-state index in [1.54, 1.807) is 24.3 Å². The number of carbonyl (C=O) groups excluding carboxylic acids is 1. The first-order chi connectivity index (χ1) is 16.4. The van der Waals surface area contributed by atoms with Gasteiger partial charge in [0.1, 0.15) is 5.82 Å². The van der Waals surface area contributed by atoms with Gasteiger partial charge in [0.05, 0.1) is 18.4 Å². The first kappa shape index (κ1) is 23.4. The van der Waals surface area contributed by atoms with Crippen molar-refractivity contribution in [3.8, 4) is 17.0 Å². The predicted octanol–water partition coefficient (Wildman–Crippen LogP) is 3.95. The summed E-state index contributed by atoms with van der Waals surface area (Å²) in [5, 5.41) is 6.05. The van der Waals surface area contributed by atoms with Gasteiger partial charge < -0.3 is 26.8 Å². The summed E-state index contributed by atoms with van der Waals surface area (Å²) in [5.74, 6) is -1.98. The number of rotatable bonds is 7. The van der Waals surface area contributed by atoms with Gasteiger partial charge in [-0.05, 0) is 43.2 Å². The van der Waals surface area contributed by atoms with E-state index in [1.165, 1.54) is 19.4 Å². The second kappa shape index (κ2) is 10.0. The molecule has 2 aromatic heterocycles. The highest BCUT2D eigenvalue weighted by atomic mass is 19.1. The van der Waals surface area contributed by atoms with Crippen LogP contribution in [0, 0.1) is 11.6 Å². The fourth-order valence-corrected chi connectivity index (χ4v) is 4.05. The van der Waals surface area contributed by atoms with Crippen LogP contribution >= 0.6 is 0 Å². The molecule has 0 aliphatic heterocycles. The van der Waals surface area contributed by atoms with Gasteiger partial charge in [-0.15, -0.1) is 0 Å². The number of nitrogens with one attached hydrogen (secondary N) is 2. The van der Waals surface area contributed by atoms with Crippen molar-refractivity contribution in [3.63, 3.8) is 0 Å². The topological polar surface area (TPSA) is 128 Å². The van der Waals surface area contributed by atoms with E-state index in [0.29, 0.717) is 11.4 Å². The lowest BCUT2D eigenvalue weighted by Gasteiger charge is -2.30. The summed E-state index contributed by atoms with van der Waals surface area (Å²) in [6.07, 6.45) is 5.12. The smallest absolute Gasteiger partial charge is 0.252 e. The number of ether oxygens (including phenoxy) is 1. The van der Waals surface area contributed by atoms with Gasteiger partial charge in [-0.25, -0.2) is 13.8 Å². The van der Waals surface area contributed by atoms with Crippen molar-refractivity contribution in [2.75, 3.05) is 17.7 Å². The minimum absolute atomic E-state index is 0.0250. The van der Waals surface area contributed by atoms with E-state index in [-0.39, 0.29) is 40.6 Å². The SMILES string of the molecule is COc1cccc(-c2cc(Nc3nc(NC4CCCCC4N)c(F)cc3C(N)=O)ccn2)c1F. The monoisotopic (exact) mass is 468 g/mol. The number of carbonyl (C=O) groups is 1. The van der Waals surface area contributed by atoms with Crippen LogP contribution in [0.1, 0.15) is 36.0 Å². The summed E-state index contributed by atoms with van der Waals surface area (Å²) in [7, 11) is 1.38. The third-order valence-electron chi connectivity index (χ3n) is 5.86. The number of hydrogen-bond acceptors (Lipinski definition) is 7. The largest absolute Gasteiger partial charge is 0.494 e. The molecule has 1 aliphatic rings. The van der Waals surface area contributed by atoms with E-state index in [4.69, 9.17) is 16.2 Å². The second-order valence-electron chi connectivity index (χ2n) is 8.15. The molecular formula is C24H26F2N6O2. The molecule has 178 valence electrons. The van der Waals surface area contributed by atoms with Gasteiger partial charge in [0.25, 0.3) is 5.91 Å². The number of pyridine rings is 2. The van der Waals surface area contributed by atoms with E-state index in [9.17, 15) is 13.6 Å². The Bertz CT molecular complexity index is 1210. The lowest BCUT2D eigenvalue weighted by atomic mass is 9.91. The van der Waals surface area contributed by atoms with E-state index < -0.39 is 17.5 Å². The Kier molecular flexibility index (Phi) is 6.87. The van der Waals surface area contributed by atoms with Crippen LogP contribution in [-0.2, 0) is 0 Å². The molecule has 8 nitrogen and oxygen atoms in total. The van der Waals surface area contributed by atoms with Crippen molar-refractivity contribution in [1.29, 1.82) is 0 Å². The summed E-state index contributed by atoms with van der Waals surface area (Å²) in [6.45, 7) is 0. The highest BCUT2D eigenvalue weighted by Gasteiger charge is 2.24. The molecular weight excluding hydrogens is 442 g/mol. The molecule has 34 heavy (non-hydrogen) atoms. The predicted molar refractivity (Wildman–Crippen MR) is 126 cm³/mol. The molecule has 2 heterocycles. The van der Waals surface area contributed by atoms with Crippen LogP contribution in [0.15, 0.2) is 42.6 Å². The van der Waals surface area contributed by atoms with Crippen LogP contribution in [0.2, 0.25) is 0 Å². The van der Waals surface area contributed by atoms with Crippen LogP contribution in [0.4, 0.5) is 26.1 Å². The van der Waals surface area contributed by atoms with Crippen LogP contribution in [0.25, 0.3) is 11.3 Å². The number of primary amides is 1. The normalized spacial score (nSPS) is 17.8. The average molecular weight is 469 g/mol. The summed E-state index contributed by atoms with van der Waals surface area (Å²) in [6, 6.07) is 8.71. The number of nitrogens with zero attached hydrogens (tertiary/aromatic N) is 2. The molecule has 10 heteroatoms. The zero-order chi connectivity index (χ0) is 24.2. The van der Waals surface area contributed by atoms with Crippen molar-refractivity contribution in [1.82, 2.24) is 9.97 Å². The first-order valence-corrected chi connectivity index (χ1v) is 11.0. The number of aromatic nitrogens is 2. The number of hydrogen-bond donors (Lipinski definition) is 4. The highest BCUT2D eigenvalue weighted by Crippen LogP contribution is 2.31. The van der Waals surface area contributed by atoms with E-state index in [2.05, 4.69) is 20.6 Å². The number of methoxy groups -OCH3 is 1. The van der Waals surface area contributed by atoms with Gasteiger partial charge >= 0.3 is 0 Å². The fourth-order valence-electron chi connectivity index (χ4n) is 4.05. The van der Waals surface area contributed by atoms with E-state index in [0.717, 1.165) is 31.7 Å². The standard InChI is InChI=1S/C24H26F2N6O2/c1-34-20-8-4-5-14(21(20)26)19-11-13(9-10-29-19)30-23-15(22(28)33)12-16(25)24(32-23)31-18-7-3-2-6-17(18)27/h4-5,8-12,17-18H,2-3,6-7,27H2,1H3,(H2,28,33)(H2,29,30,31,32). The van der Waals surface area contributed by atoms with Gasteiger partial charge in [-0.2, -0.15) is 0 Å². The Morgan fingerprint density at radius 3 is 2.68 bits per heavy atom. The maximum absolute atomic E-state index is 14.7. The van der Waals surface area contributed by atoms with Gasteiger partial charge in [0.15, 0.2) is 23.2 Å². The molecule has 0 radical (unpaired) electrons. The molecule has 2 atom stereocenters. The quantitative estimate of drug-likeness (QED) is 0.413. The molecule has 1 fully saturated rings. The zero-order valence-corrected chi connectivity index (χ0v) is 18.6. The molecule has 1 aliphatic carbocycles. The Balaban J connectivity index is 1.67. The van der Waals surface area contributed by atoms with Crippen molar-refractivity contribution in [2.24, 2.45) is 11.5 Å². The molecule has 1 aromatic carbocycles. The van der Waals surface area contributed by atoms with Crippen LogP contribution in [0.5, 0.6) is 5.75 Å². The van der Waals surface area contributed by atoms with Crippen LogP contribution in [-0.4, -0.2) is 35.1 Å². The third kappa shape index (κ3) is 4.91. The van der Waals surface area contributed by atoms with E-state index >= 15 is 0 Å². The van der Waals surface area contributed by atoms with Gasteiger partial charge in [0.2, 0.25) is 0 Å². The molecule has 0 bridgehead atoms. The molecule has 0 saturated heterocycles. The molecule has 4 rings (SSSR count). The Labute approximate surface area is 195 Å². The number of nitrogens with two attached hydrogens (primary N) is 2. The summed E-state index contributed by atoms with van der Waals surface area (Å²) in [5.41, 5.74) is 12.5. The Hall–Kier alpha value is -3.79. The molecule has 2 unspecified atom stereocenters. The lowest BCUT2D eigenvalue weighted by Crippen LogP contribution is -2.43. The number of halogens is 2. The zero-order valence-electron chi connectivity index (χ0n) is 18.6. The number of amides is 1. The van der Waals surface area contributed by atoms with Crippen LogP contribution < -0.4 is 26.8 Å². The van der Waals surface area contributed by atoms with Gasteiger partial charge in [-0.3, -0.25) is 9.78 Å². The summed E-state index contributed by atoms with van der Waals surface area (Å²) in [4.78, 5) is 20.5. The number of benzene rings is 1. The highest BCUT2D eigenvalue weighted by molar-refractivity contribution is 5.98.